The van der Waals surface area contributed by atoms with Gasteiger partial charge in [-0.3, -0.25) is 9.69 Å². The average molecular weight is 311 g/mol. The van der Waals surface area contributed by atoms with Gasteiger partial charge in [-0.05, 0) is 12.1 Å². The summed E-state index contributed by atoms with van der Waals surface area (Å²) < 4.78 is 2.02. The van der Waals surface area contributed by atoms with Gasteiger partial charge in [-0.25, -0.2) is 9.97 Å². The molecule has 7 heteroatoms. The number of carbonyl (C=O) groups is 1. The van der Waals surface area contributed by atoms with Gasteiger partial charge in [-0.2, -0.15) is 0 Å². The Hall–Kier alpha value is -2.67. The maximum Gasteiger partial charge on any atom is 0.321 e. The Labute approximate surface area is 132 Å². The van der Waals surface area contributed by atoms with Crippen LogP contribution in [0.15, 0.2) is 30.6 Å². The lowest BCUT2D eigenvalue weighted by Crippen LogP contribution is -2.45. The van der Waals surface area contributed by atoms with E-state index < -0.39 is 12.0 Å². The number of fused-ring (bicyclic) bond motifs is 2. The number of nitrogens with zero attached hydrogens (tertiary/aromatic N) is 4. The zero-order valence-corrected chi connectivity index (χ0v) is 12.7. The van der Waals surface area contributed by atoms with Gasteiger partial charge < -0.3 is 14.7 Å². The van der Waals surface area contributed by atoms with E-state index in [9.17, 15) is 9.90 Å². The van der Waals surface area contributed by atoms with Crippen molar-refractivity contribution < 1.29 is 9.90 Å². The number of aryl methyl sites for hydroxylation is 1. The molecule has 0 spiro atoms. The Morgan fingerprint density at radius 2 is 2.26 bits per heavy atom. The summed E-state index contributed by atoms with van der Waals surface area (Å²) in [5.74, 6) is 0.0397. The fourth-order valence-corrected chi connectivity index (χ4v) is 3.22. The first-order chi connectivity index (χ1) is 11.1. The first-order valence-corrected chi connectivity index (χ1v) is 7.52. The van der Waals surface area contributed by atoms with Crippen molar-refractivity contribution in [3.63, 3.8) is 0 Å². The number of aliphatic carboxylic acids is 1. The van der Waals surface area contributed by atoms with Crippen LogP contribution in [0.4, 0.5) is 0 Å². The molecule has 1 aliphatic rings. The van der Waals surface area contributed by atoms with Crippen LogP contribution in [0.5, 0.6) is 0 Å². The summed E-state index contributed by atoms with van der Waals surface area (Å²) in [5.41, 5.74) is 3.81. The molecular formula is C16H17N5O2. The second-order valence-corrected chi connectivity index (χ2v) is 5.87. The first-order valence-electron chi connectivity index (χ1n) is 7.52. The molecule has 1 atom stereocenters. The maximum absolute atomic E-state index is 11.6. The summed E-state index contributed by atoms with van der Waals surface area (Å²) in [6, 6.07) is 7.34. The molecule has 3 aromatic rings. The molecule has 0 saturated heterocycles. The highest BCUT2D eigenvalue weighted by atomic mass is 16.4. The van der Waals surface area contributed by atoms with Crippen LogP contribution in [-0.4, -0.2) is 41.5 Å². The third kappa shape index (κ3) is 2.29. The minimum atomic E-state index is -0.822. The van der Waals surface area contributed by atoms with Gasteiger partial charge in [0.1, 0.15) is 11.9 Å². The van der Waals surface area contributed by atoms with Gasteiger partial charge in [-0.1, -0.05) is 12.1 Å². The van der Waals surface area contributed by atoms with Crippen LogP contribution >= 0.6 is 0 Å². The average Bonchev–Trinajstić information content (AvgIpc) is 3.11. The quantitative estimate of drug-likeness (QED) is 0.761. The van der Waals surface area contributed by atoms with Crippen molar-refractivity contribution in [1.82, 2.24) is 24.4 Å². The number of H-pyrrole nitrogens is 1. The number of aromatic nitrogens is 4. The Balaban J connectivity index is 1.68. The van der Waals surface area contributed by atoms with Crippen LogP contribution in [0.3, 0.4) is 0 Å². The van der Waals surface area contributed by atoms with Crippen LogP contribution in [0, 0.1) is 0 Å². The molecule has 23 heavy (non-hydrogen) atoms. The molecule has 0 saturated carbocycles. The number of aromatic amines is 1. The Morgan fingerprint density at radius 3 is 3.04 bits per heavy atom. The number of rotatable bonds is 3. The summed E-state index contributed by atoms with van der Waals surface area (Å²) >= 11 is 0. The molecule has 7 nitrogen and oxygen atoms in total. The molecule has 0 unspecified atom stereocenters. The fourth-order valence-electron chi connectivity index (χ4n) is 3.22. The normalized spacial score (nSPS) is 18.2. The lowest BCUT2D eigenvalue weighted by Gasteiger charge is -2.31. The van der Waals surface area contributed by atoms with Crippen LogP contribution in [-0.2, 0) is 31.4 Å². The number of hydrogen-bond acceptors (Lipinski definition) is 4. The van der Waals surface area contributed by atoms with E-state index in [-0.39, 0.29) is 0 Å². The maximum atomic E-state index is 11.6. The summed E-state index contributed by atoms with van der Waals surface area (Å²) in [6.07, 6.45) is 2.04. The Morgan fingerprint density at radius 1 is 1.43 bits per heavy atom. The van der Waals surface area contributed by atoms with Crippen molar-refractivity contribution >= 4 is 17.0 Å². The SMILES string of the molecule is Cn1c(CN2Cc3[nH]cnc3C[C@@H]2C(=O)O)nc2ccccc21. The molecule has 0 amide bonds. The van der Waals surface area contributed by atoms with E-state index in [4.69, 9.17) is 0 Å². The number of imidazole rings is 2. The molecule has 2 aromatic heterocycles. The van der Waals surface area contributed by atoms with Gasteiger partial charge in [-0.15, -0.1) is 0 Å². The van der Waals surface area contributed by atoms with Crippen molar-refractivity contribution in [2.45, 2.75) is 25.6 Å². The summed E-state index contributed by atoms with van der Waals surface area (Å²) in [4.78, 5) is 25.5. The number of carboxylic acids is 1. The standard InChI is InChI=1S/C16H17N5O2/c1-20-13-5-3-2-4-10(13)19-15(20)8-21-7-12-11(17-9-18-12)6-14(21)16(22)23/h2-5,9,14H,6-8H2,1H3,(H,17,18)(H,22,23)/t14-/m1/s1. The van der Waals surface area contributed by atoms with Crippen LogP contribution in [0.2, 0.25) is 0 Å². The largest absolute Gasteiger partial charge is 0.480 e. The smallest absolute Gasteiger partial charge is 0.321 e. The second kappa shape index (κ2) is 5.20. The molecule has 4 rings (SSSR count). The third-order valence-electron chi connectivity index (χ3n) is 4.51. The highest BCUT2D eigenvalue weighted by molar-refractivity contribution is 5.76. The predicted molar refractivity (Wildman–Crippen MR) is 83.7 cm³/mol. The number of carboxylic acid groups (broad SMARTS) is 1. The monoisotopic (exact) mass is 311 g/mol. The fraction of sp³-hybridized carbons (Fsp3) is 0.312. The zero-order valence-electron chi connectivity index (χ0n) is 12.7. The van der Waals surface area contributed by atoms with E-state index in [1.54, 1.807) is 6.33 Å². The van der Waals surface area contributed by atoms with E-state index in [2.05, 4.69) is 15.0 Å². The molecule has 0 aliphatic carbocycles. The minimum absolute atomic E-state index is 0.415. The highest BCUT2D eigenvalue weighted by Gasteiger charge is 2.33. The van der Waals surface area contributed by atoms with E-state index in [0.29, 0.717) is 19.5 Å². The topological polar surface area (TPSA) is 87.0 Å². The van der Waals surface area contributed by atoms with Gasteiger partial charge in [0.25, 0.3) is 0 Å². The van der Waals surface area contributed by atoms with Gasteiger partial charge >= 0.3 is 5.97 Å². The zero-order chi connectivity index (χ0) is 16.0. The number of hydrogen-bond donors (Lipinski definition) is 2. The molecule has 1 aliphatic heterocycles. The first kappa shape index (κ1) is 14.0. The molecule has 1 aromatic carbocycles. The van der Waals surface area contributed by atoms with Crippen molar-refractivity contribution in [1.29, 1.82) is 0 Å². The number of benzene rings is 1. The Kier molecular flexibility index (Phi) is 3.16. The lowest BCUT2D eigenvalue weighted by atomic mass is 10.0. The number of nitrogens with one attached hydrogen (secondary N) is 1. The van der Waals surface area contributed by atoms with Crippen molar-refractivity contribution in [2.24, 2.45) is 7.05 Å². The van der Waals surface area contributed by atoms with Gasteiger partial charge in [0, 0.05) is 20.0 Å². The molecule has 0 bridgehead atoms. The van der Waals surface area contributed by atoms with Gasteiger partial charge in [0.15, 0.2) is 0 Å². The summed E-state index contributed by atoms with van der Waals surface area (Å²) in [6.45, 7) is 1.02. The van der Waals surface area contributed by atoms with Crippen molar-refractivity contribution in [3.05, 3.63) is 47.8 Å². The van der Waals surface area contributed by atoms with Crippen LogP contribution in [0.25, 0.3) is 11.0 Å². The number of para-hydroxylation sites is 2. The lowest BCUT2D eigenvalue weighted by molar-refractivity contribution is -0.144. The molecule has 2 N–H and O–H groups in total. The second-order valence-electron chi connectivity index (χ2n) is 5.87. The van der Waals surface area contributed by atoms with Crippen molar-refractivity contribution in [3.8, 4) is 0 Å². The molecule has 118 valence electrons. The van der Waals surface area contributed by atoms with E-state index in [0.717, 1.165) is 28.2 Å². The van der Waals surface area contributed by atoms with E-state index >= 15 is 0 Å². The molecular weight excluding hydrogens is 294 g/mol. The van der Waals surface area contributed by atoms with Crippen LogP contribution < -0.4 is 0 Å². The molecule has 3 heterocycles. The molecule has 0 fully saturated rings. The highest BCUT2D eigenvalue weighted by Crippen LogP contribution is 2.24. The van der Waals surface area contributed by atoms with Gasteiger partial charge in [0.2, 0.25) is 0 Å². The molecule has 0 radical (unpaired) electrons. The van der Waals surface area contributed by atoms with Gasteiger partial charge in [0.05, 0.1) is 35.3 Å². The van der Waals surface area contributed by atoms with Crippen molar-refractivity contribution in [2.75, 3.05) is 0 Å². The summed E-state index contributed by atoms with van der Waals surface area (Å²) in [5, 5.41) is 9.55. The predicted octanol–water partition coefficient (Wildman–Crippen LogP) is 1.31. The van der Waals surface area contributed by atoms with Crippen LogP contribution in [0.1, 0.15) is 17.2 Å². The van der Waals surface area contributed by atoms with E-state index in [1.807, 2.05) is 40.8 Å². The summed E-state index contributed by atoms with van der Waals surface area (Å²) in [7, 11) is 1.96. The van der Waals surface area contributed by atoms with E-state index in [1.165, 1.54) is 0 Å². The minimum Gasteiger partial charge on any atom is -0.480 e. The Bertz CT molecular complexity index is 882. The third-order valence-corrected chi connectivity index (χ3v) is 4.51.